The standard InChI is InChI=1S/C12H16ClN3O4S/c1-8(17)15-9-3-4-10(11(13)7-9)12(18)16(2)5-6-21(14,19)20/h3-4,7H,5-6H2,1-2H3,(H,15,17)(H2,14,19,20). The molecule has 3 N–H and O–H groups in total. The topological polar surface area (TPSA) is 110 Å². The summed E-state index contributed by atoms with van der Waals surface area (Å²) in [7, 11) is -2.19. The lowest BCUT2D eigenvalue weighted by Gasteiger charge is -2.17. The summed E-state index contributed by atoms with van der Waals surface area (Å²) in [6.07, 6.45) is 0. The van der Waals surface area contributed by atoms with E-state index >= 15 is 0 Å². The van der Waals surface area contributed by atoms with Crippen LogP contribution < -0.4 is 10.5 Å². The molecule has 0 unspecified atom stereocenters. The normalized spacial score (nSPS) is 11.0. The van der Waals surface area contributed by atoms with Gasteiger partial charge in [-0.05, 0) is 18.2 Å². The van der Waals surface area contributed by atoms with Gasteiger partial charge >= 0.3 is 0 Å². The minimum atomic E-state index is -3.64. The molecule has 0 aliphatic rings. The first-order valence-corrected chi connectivity index (χ1v) is 8.02. The summed E-state index contributed by atoms with van der Waals surface area (Å²) in [5.74, 6) is -1.02. The minimum absolute atomic E-state index is 0.0402. The van der Waals surface area contributed by atoms with E-state index < -0.39 is 15.9 Å². The van der Waals surface area contributed by atoms with Gasteiger partial charge in [0.15, 0.2) is 0 Å². The van der Waals surface area contributed by atoms with Crippen LogP contribution in [0.5, 0.6) is 0 Å². The number of sulfonamides is 1. The van der Waals surface area contributed by atoms with Gasteiger partial charge in [-0.1, -0.05) is 11.6 Å². The average Bonchev–Trinajstić information content (AvgIpc) is 2.33. The molecule has 21 heavy (non-hydrogen) atoms. The van der Waals surface area contributed by atoms with Gasteiger partial charge in [-0.15, -0.1) is 0 Å². The van der Waals surface area contributed by atoms with Crippen molar-refractivity contribution in [1.82, 2.24) is 4.90 Å². The smallest absolute Gasteiger partial charge is 0.255 e. The van der Waals surface area contributed by atoms with Gasteiger partial charge in [0.1, 0.15) is 0 Å². The Morgan fingerprint density at radius 3 is 2.48 bits per heavy atom. The summed E-state index contributed by atoms with van der Waals surface area (Å²) in [6, 6.07) is 4.45. The van der Waals surface area contributed by atoms with Crippen LogP contribution in [0, 0.1) is 0 Å². The van der Waals surface area contributed by atoms with Crippen LogP contribution in [-0.2, 0) is 14.8 Å². The molecule has 0 saturated heterocycles. The number of nitrogens with one attached hydrogen (secondary N) is 1. The average molecular weight is 334 g/mol. The number of anilines is 1. The molecule has 1 rings (SSSR count). The molecule has 0 heterocycles. The first-order valence-electron chi connectivity index (χ1n) is 5.93. The van der Waals surface area contributed by atoms with Crippen molar-refractivity contribution < 1.29 is 18.0 Å². The summed E-state index contributed by atoms with van der Waals surface area (Å²) in [6.45, 7) is 1.31. The van der Waals surface area contributed by atoms with Crippen LogP contribution in [0.15, 0.2) is 18.2 Å². The minimum Gasteiger partial charge on any atom is -0.341 e. The van der Waals surface area contributed by atoms with Crippen molar-refractivity contribution >= 4 is 39.1 Å². The molecule has 1 aromatic rings. The van der Waals surface area contributed by atoms with Crippen molar-refractivity contribution in [3.63, 3.8) is 0 Å². The van der Waals surface area contributed by atoms with Crippen molar-refractivity contribution in [3.8, 4) is 0 Å². The van der Waals surface area contributed by atoms with E-state index in [9.17, 15) is 18.0 Å². The molecule has 0 fully saturated rings. The number of carbonyl (C=O) groups excluding carboxylic acids is 2. The molecular formula is C12H16ClN3O4S. The fourth-order valence-electron chi connectivity index (χ4n) is 1.54. The van der Waals surface area contributed by atoms with Gasteiger partial charge in [-0.25, -0.2) is 13.6 Å². The van der Waals surface area contributed by atoms with Crippen LogP contribution in [0.4, 0.5) is 5.69 Å². The molecule has 1 aromatic carbocycles. The highest BCUT2D eigenvalue weighted by atomic mass is 35.5. The fourth-order valence-corrected chi connectivity index (χ4v) is 2.33. The summed E-state index contributed by atoms with van der Waals surface area (Å²) >= 11 is 6.00. The van der Waals surface area contributed by atoms with Gasteiger partial charge in [0, 0.05) is 26.2 Å². The molecular weight excluding hydrogens is 318 g/mol. The lowest BCUT2D eigenvalue weighted by atomic mass is 10.2. The molecule has 0 atom stereocenters. The molecule has 0 radical (unpaired) electrons. The SMILES string of the molecule is CC(=O)Nc1ccc(C(=O)N(C)CCS(N)(=O)=O)c(Cl)c1. The Bertz CT molecular complexity index is 660. The van der Waals surface area contributed by atoms with Crippen LogP contribution >= 0.6 is 11.6 Å². The predicted octanol–water partition coefficient (Wildman–Crippen LogP) is 0.659. The summed E-state index contributed by atoms with van der Waals surface area (Å²) < 4.78 is 21.8. The van der Waals surface area contributed by atoms with E-state index in [4.69, 9.17) is 16.7 Å². The second kappa shape index (κ2) is 6.88. The second-order valence-electron chi connectivity index (χ2n) is 4.47. The highest BCUT2D eigenvalue weighted by Gasteiger charge is 2.17. The van der Waals surface area contributed by atoms with Gasteiger partial charge < -0.3 is 10.2 Å². The Morgan fingerprint density at radius 1 is 1.38 bits per heavy atom. The molecule has 116 valence electrons. The van der Waals surface area contributed by atoms with Crippen molar-refractivity contribution in [2.24, 2.45) is 5.14 Å². The molecule has 0 bridgehead atoms. The van der Waals surface area contributed by atoms with Crippen LogP contribution in [0.1, 0.15) is 17.3 Å². The van der Waals surface area contributed by atoms with E-state index in [1.165, 1.54) is 37.1 Å². The monoisotopic (exact) mass is 333 g/mol. The third-order valence-corrected chi connectivity index (χ3v) is 3.64. The van der Waals surface area contributed by atoms with Crippen LogP contribution in [-0.4, -0.2) is 44.5 Å². The lowest BCUT2D eigenvalue weighted by molar-refractivity contribution is -0.114. The third-order valence-electron chi connectivity index (χ3n) is 2.58. The van der Waals surface area contributed by atoms with Gasteiger partial charge in [-0.2, -0.15) is 0 Å². The number of amides is 2. The molecule has 0 aliphatic carbocycles. The largest absolute Gasteiger partial charge is 0.341 e. The Kier molecular flexibility index (Phi) is 5.70. The second-order valence-corrected chi connectivity index (χ2v) is 6.61. The highest BCUT2D eigenvalue weighted by Crippen LogP contribution is 2.22. The van der Waals surface area contributed by atoms with E-state index in [1.807, 2.05) is 0 Å². The summed E-state index contributed by atoms with van der Waals surface area (Å²) in [5, 5.41) is 7.59. The first kappa shape index (κ1) is 17.4. The van der Waals surface area contributed by atoms with Crippen LogP contribution in [0.25, 0.3) is 0 Å². The van der Waals surface area contributed by atoms with Crippen LogP contribution in [0.3, 0.4) is 0 Å². The molecule has 2 amide bonds. The van der Waals surface area contributed by atoms with Gasteiger partial charge in [0.2, 0.25) is 15.9 Å². The number of hydrogen-bond donors (Lipinski definition) is 2. The highest BCUT2D eigenvalue weighted by molar-refractivity contribution is 7.89. The Balaban J connectivity index is 2.85. The van der Waals surface area contributed by atoms with Crippen molar-refractivity contribution in [2.45, 2.75) is 6.92 Å². The molecule has 7 nitrogen and oxygen atoms in total. The number of hydrogen-bond acceptors (Lipinski definition) is 4. The van der Waals surface area contributed by atoms with E-state index in [0.717, 1.165) is 0 Å². The maximum Gasteiger partial charge on any atom is 0.255 e. The number of nitrogens with zero attached hydrogens (tertiary/aromatic N) is 1. The van der Waals surface area contributed by atoms with Gasteiger partial charge in [0.05, 0.1) is 16.3 Å². The van der Waals surface area contributed by atoms with E-state index in [2.05, 4.69) is 5.32 Å². The number of nitrogens with two attached hydrogens (primary N) is 1. The fraction of sp³-hybridized carbons (Fsp3) is 0.333. The zero-order valence-corrected chi connectivity index (χ0v) is 13.2. The Morgan fingerprint density at radius 2 is 2.00 bits per heavy atom. The van der Waals surface area contributed by atoms with Gasteiger partial charge in [-0.3, -0.25) is 9.59 Å². The zero-order chi connectivity index (χ0) is 16.2. The molecule has 0 saturated carbocycles. The number of carbonyl (C=O) groups is 2. The van der Waals surface area contributed by atoms with E-state index in [-0.39, 0.29) is 28.8 Å². The van der Waals surface area contributed by atoms with Crippen LogP contribution in [0.2, 0.25) is 5.02 Å². The van der Waals surface area contributed by atoms with Crippen molar-refractivity contribution in [1.29, 1.82) is 0 Å². The number of halogens is 1. The predicted molar refractivity (Wildman–Crippen MR) is 80.7 cm³/mol. The van der Waals surface area contributed by atoms with E-state index in [1.54, 1.807) is 0 Å². The molecule has 0 aliphatic heterocycles. The molecule has 9 heteroatoms. The Labute approximate surface area is 128 Å². The molecule has 0 aromatic heterocycles. The lowest BCUT2D eigenvalue weighted by Crippen LogP contribution is -2.33. The maximum absolute atomic E-state index is 12.1. The van der Waals surface area contributed by atoms with E-state index in [0.29, 0.717) is 5.69 Å². The summed E-state index contributed by atoms with van der Waals surface area (Å²) in [4.78, 5) is 24.3. The first-order chi connectivity index (χ1) is 9.60. The summed E-state index contributed by atoms with van der Waals surface area (Å²) in [5.41, 5.74) is 0.680. The van der Waals surface area contributed by atoms with Gasteiger partial charge in [0.25, 0.3) is 5.91 Å². The zero-order valence-electron chi connectivity index (χ0n) is 11.6. The maximum atomic E-state index is 12.1. The quantitative estimate of drug-likeness (QED) is 0.824. The molecule has 0 spiro atoms. The number of primary sulfonamides is 1. The Hall–Kier alpha value is -1.64. The number of benzene rings is 1. The van der Waals surface area contributed by atoms with Crippen molar-refractivity contribution in [2.75, 3.05) is 24.7 Å². The number of rotatable bonds is 5. The third kappa shape index (κ3) is 5.70. The van der Waals surface area contributed by atoms with Crippen molar-refractivity contribution in [3.05, 3.63) is 28.8 Å².